The number of carbonyl (C=O) groups is 1. The molecule has 0 atom stereocenters. The number of pyridine rings is 1. The zero-order chi connectivity index (χ0) is 24.8. The van der Waals surface area contributed by atoms with E-state index in [9.17, 15) is 9.59 Å². The van der Waals surface area contributed by atoms with Gasteiger partial charge in [-0.3, -0.25) is 14.2 Å². The van der Waals surface area contributed by atoms with Crippen LogP contribution in [0.15, 0.2) is 53.7 Å². The standard InChI is InChI=1S/C26H28N4O4S/c1-4-14-33-20-7-9-21(10-8-20)34-24-19(6-5-12-27-24)15-28-22(31)11-13-30-16-29-25-23(26(30)32)17(2)18(3)35-25/h5-10,12,16H,4,11,13-15H2,1-3H3,(H,28,31). The fraction of sp³-hybridized carbons (Fsp3) is 0.308. The van der Waals surface area contributed by atoms with Gasteiger partial charge in [0.2, 0.25) is 11.8 Å². The molecule has 3 aromatic heterocycles. The third-order valence-electron chi connectivity index (χ3n) is 5.57. The van der Waals surface area contributed by atoms with E-state index in [4.69, 9.17) is 9.47 Å². The number of nitrogens with zero attached hydrogens (tertiary/aromatic N) is 3. The smallest absolute Gasteiger partial charge is 0.262 e. The lowest BCUT2D eigenvalue weighted by atomic mass is 10.2. The fourth-order valence-corrected chi connectivity index (χ4v) is 4.51. The minimum absolute atomic E-state index is 0.112. The first kappa shape index (κ1) is 24.4. The number of ether oxygens (including phenoxy) is 2. The molecule has 1 aromatic carbocycles. The van der Waals surface area contributed by atoms with Crippen LogP contribution in [0.4, 0.5) is 0 Å². The van der Waals surface area contributed by atoms with Crippen molar-refractivity contribution in [3.8, 4) is 17.4 Å². The number of aromatic nitrogens is 3. The van der Waals surface area contributed by atoms with Gasteiger partial charge in [-0.25, -0.2) is 9.97 Å². The summed E-state index contributed by atoms with van der Waals surface area (Å²) >= 11 is 1.51. The van der Waals surface area contributed by atoms with Crippen LogP contribution >= 0.6 is 11.3 Å². The van der Waals surface area contributed by atoms with Crippen molar-refractivity contribution in [2.24, 2.45) is 0 Å². The number of benzene rings is 1. The fourth-order valence-electron chi connectivity index (χ4n) is 3.52. The summed E-state index contributed by atoms with van der Waals surface area (Å²) in [5, 5.41) is 3.52. The number of amides is 1. The van der Waals surface area contributed by atoms with Crippen molar-refractivity contribution in [2.45, 2.75) is 46.7 Å². The van der Waals surface area contributed by atoms with E-state index in [1.165, 1.54) is 22.2 Å². The molecule has 0 bridgehead atoms. The predicted octanol–water partition coefficient (Wildman–Crippen LogP) is 4.76. The lowest BCUT2D eigenvalue weighted by Gasteiger charge is -2.12. The highest BCUT2D eigenvalue weighted by Gasteiger charge is 2.13. The number of hydrogen-bond acceptors (Lipinski definition) is 7. The average Bonchev–Trinajstić information content (AvgIpc) is 3.16. The summed E-state index contributed by atoms with van der Waals surface area (Å²) in [4.78, 5) is 35.8. The van der Waals surface area contributed by atoms with Gasteiger partial charge >= 0.3 is 0 Å². The van der Waals surface area contributed by atoms with Gasteiger partial charge < -0.3 is 14.8 Å². The summed E-state index contributed by atoms with van der Waals surface area (Å²) in [6, 6.07) is 11.0. The van der Waals surface area contributed by atoms with Crippen LogP contribution in [0.1, 0.15) is 35.8 Å². The number of hydrogen-bond donors (Lipinski definition) is 1. The van der Waals surface area contributed by atoms with Crippen molar-refractivity contribution < 1.29 is 14.3 Å². The molecule has 0 aliphatic carbocycles. The maximum Gasteiger partial charge on any atom is 0.262 e. The van der Waals surface area contributed by atoms with Crippen molar-refractivity contribution >= 4 is 27.5 Å². The first-order valence-electron chi connectivity index (χ1n) is 11.5. The molecule has 0 spiro atoms. The minimum atomic E-state index is -0.178. The number of rotatable bonds is 10. The predicted molar refractivity (Wildman–Crippen MR) is 136 cm³/mol. The van der Waals surface area contributed by atoms with Crippen molar-refractivity contribution in [2.75, 3.05) is 6.61 Å². The monoisotopic (exact) mass is 492 g/mol. The zero-order valence-electron chi connectivity index (χ0n) is 20.0. The summed E-state index contributed by atoms with van der Waals surface area (Å²) in [7, 11) is 0. The molecule has 1 amide bonds. The Kier molecular flexibility index (Phi) is 7.77. The van der Waals surface area contributed by atoms with E-state index in [1.54, 1.807) is 12.3 Å². The first-order valence-corrected chi connectivity index (χ1v) is 12.3. The molecule has 0 aliphatic heterocycles. The topological polar surface area (TPSA) is 95.3 Å². The number of nitrogens with one attached hydrogen (secondary N) is 1. The third-order valence-corrected chi connectivity index (χ3v) is 6.69. The lowest BCUT2D eigenvalue weighted by Crippen LogP contribution is -2.27. The molecule has 0 radical (unpaired) electrons. The van der Waals surface area contributed by atoms with Crippen molar-refractivity contribution in [3.63, 3.8) is 0 Å². The second-order valence-corrected chi connectivity index (χ2v) is 9.33. The molecule has 1 N–H and O–H groups in total. The lowest BCUT2D eigenvalue weighted by molar-refractivity contribution is -0.121. The Morgan fingerprint density at radius 1 is 1.11 bits per heavy atom. The molecular formula is C26H28N4O4S. The van der Waals surface area contributed by atoms with Gasteiger partial charge in [0, 0.05) is 36.1 Å². The Hall–Kier alpha value is -3.72. The van der Waals surface area contributed by atoms with Crippen LogP contribution < -0.4 is 20.3 Å². The first-order chi connectivity index (χ1) is 17.0. The Morgan fingerprint density at radius 2 is 1.89 bits per heavy atom. The molecule has 3 heterocycles. The largest absolute Gasteiger partial charge is 0.494 e. The molecule has 8 nitrogen and oxygen atoms in total. The molecule has 35 heavy (non-hydrogen) atoms. The van der Waals surface area contributed by atoms with Gasteiger partial charge in [0.1, 0.15) is 16.3 Å². The molecule has 0 aliphatic rings. The number of aryl methyl sites for hydroxylation is 3. The molecule has 4 aromatic rings. The van der Waals surface area contributed by atoms with E-state index in [2.05, 4.69) is 22.2 Å². The second kappa shape index (κ2) is 11.1. The minimum Gasteiger partial charge on any atom is -0.494 e. The Bertz CT molecular complexity index is 1380. The van der Waals surface area contributed by atoms with Gasteiger partial charge in [0.05, 0.1) is 18.3 Å². The Balaban J connectivity index is 1.35. The highest BCUT2D eigenvalue weighted by Crippen LogP contribution is 2.26. The average molecular weight is 493 g/mol. The maximum absolute atomic E-state index is 12.8. The number of thiophene rings is 1. The summed E-state index contributed by atoms with van der Waals surface area (Å²) in [6.45, 7) is 7.14. The summed E-state index contributed by atoms with van der Waals surface area (Å²) < 4.78 is 13.0. The summed E-state index contributed by atoms with van der Waals surface area (Å²) in [5.74, 6) is 1.65. The quantitative estimate of drug-likeness (QED) is 0.343. The highest BCUT2D eigenvalue weighted by atomic mass is 32.1. The molecule has 0 saturated heterocycles. The van der Waals surface area contributed by atoms with Crippen LogP contribution in [0.2, 0.25) is 0 Å². The molecule has 0 unspecified atom stereocenters. The van der Waals surface area contributed by atoms with Crippen LogP contribution in [0.25, 0.3) is 10.2 Å². The van der Waals surface area contributed by atoms with E-state index in [-0.39, 0.29) is 31.0 Å². The van der Waals surface area contributed by atoms with Gasteiger partial charge in [0.15, 0.2) is 0 Å². The number of carbonyl (C=O) groups excluding carboxylic acids is 1. The Morgan fingerprint density at radius 3 is 2.66 bits per heavy atom. The van der Waals surface area contributed by atoms with E-state index in [0.717, 1.165) is 33.0 Å². The van der Waals surface area contributed by atoms with E-state index >= 15 is 0 Å². The molecule has 0 fully saturated rings. The van der Waals surface area contributed by atoms with Crippen LogP contribution in [0.5, 0.6) is 17.4 Å². The van der Waals surface area contributed by atoms with Crippen LogP contribution in [0.3, 0.4) is 0 Å². The third kappa shape index (κ3) is 5.86. The maximum atomic E-state index is 12.8. The van der Waals surface area contributed by atoms with Gasteiger partial charge in [-0.1, -0.05) is 13.0 Å². The SMILES string of the molecule is CCCOc1ccc(Oc2ncccc2CNC(=O)CCn2cnc3sc(C)c(C)c3c2=O)cc1. The molecule has 182 valence electrons. The van der Waals surface area contributed by atoms with Gasteiger partial charge in [-0.2, -0.15) is 0 Å². The normalized spacial score (nSPS) is 10.9. The molecule has 4 rings (SSSR count). The van der Waals surface area contributed by atoms with Crippen LogP contribution in [0, 0.1) is 13.8 Å². The molecule has 9 heteroatoms. The van der Waals surface area contributed by atoms with Gasteiger partial charge in [-0.05, 0) is 56.2 Å². The van der Waals surface area contributed by atoms with Crippen LogP contribution in [-0.4, -0.2) is 27.0 Å². The van der Waals surface area contributed by atoms with Crippen molar-refractivity contribution in [1.29, 1.82) is 0 Å². The molecular weight excluding hydrogens is 464 g/mol. The van der Waals surface area contributed by atoms with E-state index in [0.29, 0.717) is 23.6 Å². The summed E-state index contributed by atoms with van der Waals surface area (Å²) in [5.41, 5.74) is 1.59. The van der Waals surface area contributed by atoms with Gasteiger partial charge in [0.25, 0.3) is 5.56 Å². The van der Waals surface area contributed by atoms with Crippen molar-refractivity contribution in [3.05, 3.63) is 75.3 Å². The second-order valence-electron chi connectivity index (χ2n) is 8.12. The Labute approximate surface area is 207 Å². The van der Waals surface area contributed by atoms with Crippen LogP contribution in [-0.2, 0) is 17.9 Å². The highest BCUT2D eigenvalue weighted by molar-refractivity contribution is 7.18. The van der Waals surface area contributed by atoms with E-state index < -0.39 is 0 Å². The molecule has 0 saturated carbocycles. The zero-order valence-corrected chi connectivity index (χ0v) is 20.9. The van der Waals surface area contributed by atoms with E-state index in [1.807, 2.05) is 44.2 Å². The van der Waals surface area contributed by atoms with Crippen molar-refractivity contribution in [1.82, 2.24) is 19.9 Å². The number of fused-ring (bicyclic) bond motifs is 1. The van der Waals surface area contributed by atoms with Gasteiger partial charge in [-0.15, -0.1) is 11.3 Å². The summed E-state index contributed by atoms with van der Waals surface area (Å²) in [6.07, 6.45) is 4.26.